The van der Waals surface area contributed by atoms with Gasteiger partial charge in [0.15, 0.2) is 0 Å². The first-order chi connectivity index (χ1) is 4.33. The second-order valence-corrected chi connectivity index (χ2v) is 4.24. The highest BCUT2D eigenvalue weighted by Gasteiger charge is 2.15. The predicted octanol–water partition coefficient (Wildman–Crippen LogP) is -2.55. The second kappa shape index (κ2) is 5.40. The molecule has 0 aliphatic rings. The third-order valence-corrected chi connectivity index (χ3v) is 1.46. The van der Waals surface area contributed by atoms with E-state index in [-0.39, 0.29) is 24.0 Å². The van der Waals surface area contributed by atoms with E-state index in [4.69, 9.17) is 12.2 Å². The first-order valence-corrected chi connectivity index (χ1v) is 3.73. The average Bonchev–Trinajstić information content (AvgIpc) is 1.60. The summed E-state index contributed by atoms with van der Waals surface area (Å²) in [6.07, 6.45) is -0.435. The van der Waals surface area contributed by atoms with Gasteiger partial charge in [-0.15, -0.1) is 0 Å². The summed E-state index contributed by atoms with van der Waals surface area (Å²) in [5, 5.41) is 9.31. The number of nitrogens with zero attached hydrogens (tertiary/aromatic N) is 1. The molecule has 0 aromatic carbocycles. The van der Waals surface area contributed by atoms with Gasteiger partial charge in [0.1, 0.15) is 12.6 Å². The van der Waals surface area contributed by atoms with Gasteiger partial charge in [-0.1, -0.05) is 12.2 Å². The van der Waals surface area contributed by atoms with Crippen molar-refractivity contribution in [2.45, 2.75) is 13.0 Å². The van der Waals surface area contributed by atoms with Gasteiger partial charge in [0.2, 0.25) is 0 Å². The Morgan fingerprint density at radius 2 is 1.82 bits per heavy atom. The summed E-state index contributed by atoms with van der Waals surface area (Å²) in [5.41, 5.74) is 0. The van der Waals surface area contributed by atoms with Crippen molar-refractivity contribution in [2.75, 3.05) is 27.7 Å². The topological polar surface area (TPSA) is 20.2 Å². The maximum Gasteiger partial charge on any atom is 0.134 e. The van der Waals surface area contributed by atoms with Crippen molar-refractivity contribution in [3.05, 3.63) is 0 Å². The maximum atomic E-state index is 9.31. The third-order valence-electron chi connectivity index (χ3n) is 1.19. The Balaban J connectivity index is 0. The summed E-state index contributed by atoms with van der Waals surface area (Å²) in [5.74, 6) is 0. The molecule has 0 amide bonds. The van der Waals surface area contributed by atoms with Crippen LogP contribution in [0.5, 0.6) is 0 Å². The highest BCUT2D eigenvalue weighted by Crippen LogP contribution is 1.96. The lowest BCUT2D eigenvalue weighted by Gasteiger charge is -2.26. The summed E-state index contributed by atoms with van der Waals surface area (Å²) >= 11 is 4.83. The van der Waals surface area contributed by atoms with Crippen molar-refractivity contribution in [3.8, 4) is 0 Å². The van der Waals surface area contributed by atoms with Gasteiger partial charge in [-0.05, 0) is 6.92 Å². The molecule has 0 aromatic heterocycles. The fourth-order valence-electron chi connectivity index (χ4n) is 0.647. The highest BCUT2D eigenvalue weighted by molar-refractivity contribution is 7.80. The van der Waals surface area contributed by atoms with E-state index in [0.717, 1.165) is 4.48 Å². The molecular weight excluding hydrogens is 273 g/mol. The fraction of sp³-hybridized carbons (Fsp3) is 0.857. The third kappa shape index (κ3) is 8.65. The van der Waals surface area contributed by atoms with Gasteiger partial charge >= 0.3 is 0 Å². The number of likely N-dealkylation sites (N-methyl/N-ethyl adjacent to an activating group) is 1. The minimum Gasteiger partial charge on any atom is -1.00 e. The van der Waals surface area contributed by atoms with E-state index >= 15 is 0 Å². The smallest absolute Gasteiger partial charge is 0.134 e. The summed E-state index contributed by atoms with van der Waals surface area (Å²) in [7, 11) is 6.09. The molecule has 1 unspecified atom stereocenters. The van der Waals surface area contributed by atoms with Crippen molar-refractivity contribution < 1.29 is 33.6 Å². The molecule has 4 heteroatoms. The number of aliphatic hydroxyl groups excluding tert-OH is 1. The first-order valence-electron chi connectivity index (χ1n) is 3.32. The van der Waals surface area contributed by atoms with Crippen LogP contribution in [0.2, 0.25) is 0 Å². The molecule has 0 bridgehead atoms. The zero-order chi connectivity index (χ0) is 8.36. The van der Waals surface area contributed by atoms with Crippen molar-refractivity contribution >= 4 is 17.1 Å². The number of hydrogen-bond donors (Lipinski definition) is 1. The van der Waals surface area contributed by atoms with Gasteiger partial charge in [0.25, 0.3) is 0 Å². The zero-order valence-corrected chi connectivity index (χ0v) is 10.4. The molecule has 0 fully saturated rings. The molecular formula is C7H16INOS. The predicted molar refractivity (Wildman–Crippen MR) is 47.2 cm³/mol. The molecule has 0 saturated carbocycles. The molecule has 0 spiro atoms. The summed E-state index contributed by atoms with van der Waals surface area (Å²) < 4.78 is 0.745. The number of rotatable bonds is 3. The van der Waals surface area contributed by atoms with Crippen LogP contribution in [-0.4, -0.2) is 48.2 Å². The number of hydrogen-bond acceptors (Lipinski definition) is 2. The summed E-state index contributed by atoms with van der Waals surface area (Å²) in [6, 6.07) is 0. The minimum atomic E-state index is -0.435. The Kier molecular flexibility index (Phi) is 7.00. The van der Waals surface area contributed by atoms with E-state index < -0.39 is 6.10 Å². The molecule has 0 heterocycles. The lowest BCUT2D eigenvalue weighted by molar-refractivity contribution is -0.872. The van der Waals surface area contributed by atoms with Crippen molar-refractivity contribution in [1.29, 1.82) is 0 Å². The Hall–Kier alpha value is 0.740. The quantitative estimate of drug-likeness (QED) is 0.351. The van der Waals surface area contributed by atoms with Gasteiger partial charge in [-0.3, -0.25) is 0 Å². The van der Waals surface area contributed by atoms with Gasteiger partial charge in [-0.2, -0.15) is 0 Å². The Morgan fingerprint density at radius 1 is 1.45 bits per heavy atom. The van der Waals surface area contributed by atoms with E-state index in [1.807, 2.05) is 21.1 Å². The van der Waals surface area contributed by atoms with Crippen LogP contribution in [0.1, 0.15) is 6.92 Å². The van der Waals surface area contributed by atoms with Crippen LogP contribution < -0.4 is 24.0 Å². The Bertz CT molecular complexity index is 133. The van der Waals surface area contributed by atoms with Crippen LogP contribution >= 0.6 is 12.2 Å². The first kappa shape index (κ1) is 14.3. The SMILES string of the molecule is CC(=S)C(O)C[N+](C)(C)C.[I-]. The molecule has 11 heavy (non-hydrogen) atoms. The zero-order valence-electron chi connectivity index (χ0n) is 7.47. The summed E-state index contributed by atoms with van der Waals surface area (Å²) in [4.78, 5) is 0.674. The van der Waals surface area contributed by atoms with Crippen LogP contribution in [0, 0.1) is 0 Å². The van der Waals surface area contributed by atoms with Crippen LogP contribution in [0.25, 0.3) is 0 Å². The number of aliphatic hydroxyl groups is 1. The van der Waals surface area contributed by atoms with E-state index in [1.54, 1.807) is 6.92 Å². The molecule has 0 radical (unpaired) electrons. The highest BCUT2D eigenvalue weighted by atomic mass is 127. The van der Waals surface area contributed by atoms with Crippen molar-refractivity contribution in [2.24, 2.45) is 0 Å². The van der Waals surface area contributed by atoms with E-state index in [0.29, 0.717) is 11.4 Å². The molecule has 2 nitrogen and oxygen atoms in total. The minimum absolute atomic E-state index is 0. The monoisotopic (exact) mass is 289 g/mol. The van der Waals surface area contributed by atoms with Gasteiger partial charge < -0.3 is 33.6 Å². The number of halogens is 1. The molecule has 0 saturated heterocycles. The Labute approximate surface area is 91.2 Å². The van der Waals surface area contributed by atoms with Crippen LogP contribution in [0.3, 0.4) is 0 Å². The van der Waals surface area contributed by atoms with Crippen LogP contribution in [0.15, 0.2) is 0 Å². The summed E-state index contributed by atoms with van der Waals surface area (Å²) in [6.45, 7) is 2.46. The maximum absolute atomic E-state index is 9.31. The van der Waals surface area contributed by atoms with Crippen molar-refractivity contribution in [3.63, 3.8) is 0 Å². The van der Waals surface area contributed by atoms with E-state index in [1.165, 1.54) is 0 Å². The normalized spacial score (nSPS) is 13.5. The lowest BCUT2D eigenvalue weighted by atomic mass is 10.2. The molecule has 0 aromatic rings. The van der Waals surface area contributed by atoms with Gasteiger partial charge in [0, 0.05) is 4.86 Å². The standard InChI is InChI=1S/C7H16NOS.HI/c1-6(10)7(9)5-8(2,3)4;/h7,9H,5H2,1-4H3;1H/q+1;/p-1. The number of quaternary nitrogens is 1. The Morgan fingerprint density at radius 3 is 1.91 bits per heavy atom. The van der Waals surface area contributed by atoms with Gasteiger partial charge in [0.05, 0.1) is 21.1 Å². The van der Waals surface area contributed by atoms with Crippen LogP contribution in [0.4, 0.5) is 0 Å². The van der Waals surface area contributed by atoms with Gasteiger partial charge in [-0.25, -0.2) is 0 Å². The average molecular weight is 289 g/mol. The molecule has 0 rings (SSSR count). The van der Waals surface area contributed by atoms with Crippen molar-refractivity contribution in [1.82, 2.24) is 0 Å². The van der Waals surface area contributed by atoms with Crippen LogP contribution in [-0.2, 0) is 0 Å². The number of thiocarbonyl (C=S) groups is 1. The fourth-order valence-corrected chi connectivity index (χ4v) is 0.722. The largest absolute Gasteiger partial charge is 1.00 e. The lowest BCUT2D eigenvalue weighted by Crippen LogP contribution is -3.00. The second-order valence-electron chi connectivity index (χ2n) is 3.60. The molecule has 0 aliphatic carbocycles. The van der Waals surface area contributed by atoms with E-state index in [9.17, 15) is 5.11 Å². The van der Waals surface area contributed by atoms with E-state index in [2.05, 4.69) is 0 Å². The molecule has 1 N–H and O–H groups in total. The molecule has 68 valence electrons. The molecule has 1 atom stereocenters. The molecule has 0 aliphatic heterocycles.